The number of hydrogen-bond acceptors (Lipinski definition) is 4. The lowest BCUT2D eigenvalue weighted by molar-refractivity contribution is -0.116. The molecule has 0 unspecified atom stereocenters. The quantitative estimate of drug-likeness (QED) is 0.785. The average molecular weight is 243 g/mol. The highest BCUT2D eigenvalue weighted by Gasteiger charge is 2.12. The molecule has 0 spiro atoms. The van der Waals surface area contributed by atoms with E-state index in [0.717, 1.165) is 0 Å². The van der Waals surface area contributed by atoms with Crippen LogP contribution in [0, 0.1) is 5.92 Å². The van der Waals surface area contributed by atoms with Crippen LogP contribution in [-0.4, -0.2) is 29.0 Å². The van der Waals surface area contributed by atoms with E-state index in [1.807, 2.05) is 0 Å². The van der Waals surface area contributed by atoms with E-state index >= 15 is 0 Å². The molecule has 0 aliphatic heterocycles. The van der Waals surface area contributed by atoms with Crippen LogP contribution in [0.15, 0.2) is 12.3 Å². The number of hydrogen-bond donors (Lipinski definition) is 1. The van der Waals surface area contributed by atoms with Crippen molar-refractivity contribution in [3.63, 3.8) is 0 Å². The maximum atomic E-state index is 11.0. The first-order chi connectivity index (χ1) is 7.49. The van der Waals surface area contributed by atoms with Gasteiger partial charge in [0.1, 0.15) is 5.82 Å². The van der Waals surface area contributed by atoms with Gasteiger partial charge in [0.05, 0.1) is 6.54 Å². The number of anilines is 1. The Morgan fingerprint density at radius 2 is 2.31 bits per heavy atom. The molecule has 0 aromatic carbocycles. The minimum absolute atomic E-state index is 0.130. The van der Waals surface area contributed by atoms with Crippen LogP contribution in [0.1, 0.15) is 13.8 Å². The number of aromatic nitrogens is 2. The van der Waals surface area contributed by atoms with Gasteiger partial charge in [0.15, 0.2) is 0 Å². The molecule has 0 fully saturated rings. The molecule has 0 atom stereocenters. The Balaban J connectivity index is 2.86. The first-order valence-electron chi connectivity index (χ1n) is 5.01. The van der Waals surface area contributed by atoms with Gasteiger partial charge in [-0.2, -0.15) is 0 Å². The Hall–Kier alpha value is -1.36. The first-order valence-corrected chi connectivity index (χ1v) is 5.38. The molecular weight excluding hydrogens is 228 g/mol. The SMILES string of the molecule is CC(C)CN(CC(N)=O)c1ccnc(Cl)n1. The number of carbonyl (C=O) groups excluding carboxylic acids is 1. The van der Waals surface area contributed by atoms with Gasteiger partial charge in [0, 0.05) is 12.7 Å². The van der Waals surface area contributed by atoms with Crippen LogP contribution >= 0.6 is 11.6 Å². The van der Waals surface area contributed by atoms with Crippen molar-refractivity contribution >= 4 is 23.3 Å². The Morgan fingerprint density at radius 3 is 2.81 bits per heavy atom. The molecule has 5 nitrogen and oxygen atoms in total. The maximum absolute atomic E-state index is 11.0. The van der Waals surface area contributed by atoms with Gasteiger partial charge in [0.25, 0.3) is 0 Å². The number of nitrogens with zero attached hydrogens (tertiary/aromatic N) is 3. The number of nitrogens with two attached hydrogens (primary N) is 1. The molecule has 1 amide bonds. The Labute approximate surface area is 99.6 Å². The smallest absolute Gasteiger partial charge is 0.236 e. The molecule has 1 aromatic heterocycles. The van der Waals surface area contributed by atoms with Gasteiger partial charge in [-0.25, -0.2) is 9.97 Å². The third-order valence-corrected chi connectivity index (χ3v) is 2.05. The van der Waals surface area contributed by atoms with Gasteiger partial charge >= 0.3 is 0 Å². The van der Waals surface area contributed by atoms with E-state index in [4.69, 9.17) is 17.3 Å². The van der Waals surface area contributed by atoms with Gasteiger partial charge in [-0.15, -0.1) is 0 Å². The highest BCUT2D eigenvalue weighted by atomic mass is 35.5. The maximum Gasteiger partial charge on any atom is 0.236 e. The fraction of sp³-hybridized carbons (Fsp3) is 0.500. The summed E-state index contributed by atoms with van der Waals surface area (Å²) in [6.45, 7) is 4.93. The van der Waals surface area contributed by atoms with Crippen molar-refractivity contribution in [2.45, 2.75) is 13.8 Å². The van der Waals surface area contributed by atoms with Crippen LogP contribution in [0.2, 0.25) is 5.28 Å². The summed E-state index contributed by atoms with van der Waals surface area (Å²) in [5.41, 5.74) is 5.19. The number of amides is 1. The molecule has 0 saturated heterocycles. The summed E-state index contributed by atoms with van der Waals surface area (Å²) in [5, 5.41) is 0.163. The highest BCUT2D eigenvalue weighted by Crippen LogP contribution is 2.13. The van der Waals surface area contributed by atoms with Crippen LogP contribution in [0.25, 0.3) is 0 Å². The van der Waals surface area contributed by atoms with E-state index in [9.17, 15) is 4.79 Å². The van der Waals surface area contributed by atoms with Crippen molar-refractivity contribution < 1.29 is 4.79 Å². The largest absolute Gasteiger partial charge is 0.368 e. The van der Waals surface area contributed by atoms with Gasteiger partial charge in [0.2, 0.25) is 11.2 Å². The second kappa shape index (κ2) is 5.65. The van der Waals surface area contributed by atoms with Crippen LogP contribution < -0.4 is 10.6 Å². The molecular formula is C10H15ClN4O. The molecule has 0 radical (unpaired) electrons. The molecule has 0 bridgehead atoms. The number of halogens is 1. The van der Waals surface area contributed by atoms with Crippen molar-refractivity contribution in [2.75, 3.05) is 18.0 Å². The molecule has 0 aliphatic carbocycles. The highest BCUT2D eigenvalue weighted by molar-refractivity contribution is 6.28. The molecule has 0 aliphatic rings. The number of rotatable bonds is 5. The van der Waals surface area contributed by atoms with Crippen LogP contribution in [0.3, 0.4) is 0 Å². The Bertz CT molecular complexity index is 370. The lowest BCUT2D eigenvalue weighted by Gasteiger charge is -2.23. The van der Waals surface area contributed by atoms with Gasteiger partial charge in [-0.1, -0.05) is 13.8 Å². The summed E-state index contributed by atoms with van der Waals surface area (Å²) in [7, 11) is 0. The summed E-state index contributed by atoms with van der Waals surface area (Å²) in [6, 6.07) is 1.71. The predicted octanol–water partition coefficient (Wildman–Crippen LogP) is 1.08. The predicted molar refractivity (Wildman–Crippen MR) is 63.3 cm³/mol. The number of primary amides is 1. The lowest BCUT2D eigenvalue weighted by atomic mass is 10.2. The minimum Gasteiger partial charge on any atom is -0.368 e. The van der Waals surface area contributed by atoms with Crippen molar-refractivity contribution in [3.05, 3.63) is 17.5 Å². The molecule has 1 heterocycles. The average Bonchev–Trinajstić information content (AvgIpc) is 2.15. The van der Waals surface area contributed by atoms with Crippen LogP contribution in [-0.2, 0) is 4.79 Å². The topological polar surface area (TPSA) is 72.1 Å². The minimum atomic E-state index is -0.393. The molecule has 16 heavy (non-hydrogen) atoms. The van der Waals surface area contributed by atoms with Gasteiger partial charge in [-0.3, -0.25) is 4.79 Å². The van der Waals surface area contributed by atoms with Crippen LogP contribution in [0.5, 0.6) is 0 Å². The monoisotopic (exact) mass is 242 g/mol. The molecule has 2 N–H and O–H groups in total. The van der Waals surface area contributed by atoms with E-state index in [1.165, 1.54) is 0 Å². The summed E-state index contributed by atoms with van der Waals surface area (Å²) in [4.78, 5) is 20.6. The first kappa shape index (κ1) is 12.7. The third kappa shape index (κ3) is 4.02. The zero-order chi connectivity index (χ0) is 12.1. The van der Waals surface area contributed by atoms with E-state index in [0.29, 0.717) is 18.3 Å². The summed E-state index contributed by atoms with van der Waals surface area (Å²) in [6.07, 6.45) is 1.55. The van der Waals surface area contributed by atoms with Crippen molar-refractivity contribution in [3.8, 4) is 0 Å². The lowest BCUT2D eigenvalue weighted by Crippen LogP contribution is -2.36. The van der Waals surface area contributed by atoms with E-state index in [2.05, 4.69) is 23.8 Å². The zero-order valence-electron chi connectivity index (χ0n) is 9.35. The van der Waals surface area contributed by atoms with Crippen molar-refractivity contribution in [1.29, 1.82) is 0 Å². The summed E-state index contributed by atoms with van der Waals surface area (Å²) < 4.78 is 0. The molecule has 0 saturated carbocycles. The molecule has 88 valence electrons. The third-order valence-electron chi connectivity index (χ3n) is 1.87. The van der Waals surface area contributed by atoms with Crippen molar-refractivity contribution in [1.82, 2.24) is 9.97 Å². The zero-order valence-corrected chi connectivity index (χ0v) is 10.1. The standard InChI is InChI=1S/C10H15ClN4O/c1-7(2)5-15(6-8(12)16)9-3-4-13-10(11)14-9/h3-4,7H,5-6H2,1-2H3,(H2,12,16). The van der Waals surface area contributed by atoms with Crippen molar-refractivity contribution in [2.24, 2.45) is 11.7 Å². The van der Waals surface area contributed by atoms with E-state index in [1.54, 1.807) is 17.2 Å². The summed E-state index contributed by atoms with van der Waals surface area (Å²) >= 11 is 5.70. The van der Waals surface area contributed by atoms with Gasteiger partial charge in [-0.05, 0) is 23.6 Å². The second-order valence-corrected chi connectivity index (χ2v) is 4.26. The normalized spacial score (nSPS) is 10.5. The van der Waals surface area contributed by atoms with Gasteiger partial charge < -0.3 is 10.6 Å². The number of carbonyl (C=O) groups is 1. The Morgan fingerprint density at radius 1 is 1.62 bits per heavy atom. The van der Waals surface area contributed by atoms with Crippen LogP contribution in [0.4, 0.5) is 5.82 Å². The Kier molecular flexibility index (Phi) is 4.49. The fourth-order valence-corrected chi connectivity index (χ4v) is 1.51. The molecule has 1 aromatic rings. The van der Waals surface area contributed by atoms with E-state index < -0.39 is 5.91 Å². The second-order valence-electron chi connectivity index (χ2n) is 3.92. The summed E-state index contributed by atoms with van der Waals surface area (Å²) in [5.74, 6) is 0.621. The van der Waals surface area contributed by atoms with E-state index in [-0.39, 0.29) is 11.8 Å². The molecule has 6 heteroatoms. The fourth-order valence-electron chi connectivity index (χ4n) is 1.37. The molecule has 1 rings (SSSR count).